The molecule has 0 spiro atoms. The van der Waals surface area contributed by atoms with Gasteiger partial charge >= 0.3 is 5.97 Å². The largest absolute Gasteiger partial charge is 0.481 e. The maximum absolute atomic E-state index is 10.6. The Labute approximate surface area is 106 Å². The summed E-state index contributed by atoms with van der Waals surface area (Å²) >= 11 is 1.23. The molecule has 5 nitrogen and oxygen atoms in total. The van der Waals surface area contributed by atoms with Crippen LogP contribution >= 0.6 is 11.8 Å². The zero-order valence-corrected chi connectivity index (χ0v) is 11.3. The Morgan fingerprint density at radius 3 is 2.71 bits per heavy atom. The number of hydrogen-bond acceptors (Lipinski definition) is 4. The molecule has 96 valence electrons. The van der Waals surface area contributed by atoms with Crippen LogP contribution in [0.3, 0.4) is 0 Å². The third kappa shape index (κ3) is 4.03. The number of aromatic nitrogens is 3. The van der Waals surface area contributed by atoms with Gasteiger partial charge in [-0.25, -0.2) is 0 Å². The van der Waals surface area contributed by atoms with Crippen molar-refractivity contribution in [2.45, 2.75) is 45.3 Å². The molecule has 1 N–H and O–H groups in total. The predicted octanol–water partition coefficient (Wildman–Crippen LogP) is 2.06. The Bertz CT molecular complexity index is 379. The van der Waals surface area contributed by atoms with Gasteiger partial charge < -0.3 is 9.67 Å². The predicted molar refractivity (Wildman–Crippen MR) is 67.2 cm³/mol. The van der Waals surface area contributed by atoms with Crippen molar-refractivity contribution in [1.82, 2.24) is 14.8 Å². The van der Waals surface area contributed by atoms with E-state index in [1.54, 1.807) is 0 Å². The molecule has 1 aromatic heterocycles. The van der Waals surface area contributed by atoms with Gasteiger partial charge in [0, 0.05) is 13.0 Å². The van der Waals surface area contributed by atoms with Crippen LogP contribution in [0.4, 0.5) is 0 Å². The van der Waals surface area contributed by atoms with E-state index in [1.165, 1.54) is 11.8 Å². The molecule has 1 heterocycles. The fourth-order valence-electron chi connectivity index (χ4n) is 1.44. The van der Waals surface area contributed by atoms with Crippen LogP contribution in [-0.2, 0) is 17.8 Å². The molecule has 1 rings (SSSR count). The summed E-state index contributed by atoms with van der Waals surface area (Å²) < 4.78 is 2.04. The molecule has 1 atom stereocenters. The lowest BCUT2D eigenvalue weighted by atomic mass is 10.1. The van der Waals surface area contributed by atoms with Crippen LogP contribution in [0.2, 0.25) is 0 Å². The third-order valence-corrected chi connectivity index (χ3v) is 3.58. The van der Waals surface area contributed by atoms with E-state index in [0.29, 0.717) is 11.1 Å². The maximum atomic E-state index is 10.6. The number of rotatable bonds is 7. The summed E-state index contributed by atoms with van der Waals surface area (Å²) in [5, 5.41) is 17.6. The monoisotopic (exact) mass is 257 g/mol. The Morgan fingerprint density at radius 2 is 2.18 bits per heavy atom. The van der Waals surface area contributed by atoms with Gasteiger partial charge in [0.05, 0.1) is 5.75 Å². The second-order valence-electron chi connectivity index (χ2n) is 4.06. The van der Waals surface area contributed by atoms with Gasteiger partial charge in [-0.05, 0) is 5.92 Å². The molecule has 0 bridgehead atoms. The number of aliphatic carboxylic acids is 1. The van der Waals surface area contributed by atoms with Crippen molar-refractivity contribution in [3.8, 4) is 0 Å². The third-order valence-electron chi connectivity index (χ3n) is 2.63. The standard InChI is InChI=1S/C11H19N3O2S/c1-4-8(3)6-14-9(5-2)12-13-11(14)17-7-10(15)16/h8H,4-7H2,1-3H3,(H,15,16). The molecule has 1 unspecified atom stereocenters. The van der Waals surface area contributed by atoms with E-state index < -0.39 is 5.97 Å². The zero-order chi connectivity index (χ0) is 12.8. The first-order valence-electron chi connectivity index (χ1n) is 5.85. The second-order valence-corrected chi connectivity index (χ2v) is 5.00. The van der Waals surface area contributed by atoms with Crippen LogP contribution in [0.5, 0.6) is 0 Å². The molecular weight excluding hydrogens is 238 g/mol. The van der Waals surface area contributed by atoms with E-state index in [0.717, 1.165) is 25.2 Å². The topological polar surface area (TPSA) is 68.0 Å². The summed E-state index contributed by atoms with van der Waals surface area (Å²) in [6.07, 6.45) is 1.90. The zero-order valence-electron chi connectivity index (χ0n) is 10.5. The molecule has 6 heteroatoms. The minimum atomic E-state index is -0.828. The lowest BCUT2D eigenvalue weighted by molar-refractivity contribution is -0.133. The van der Waals surface area contributed by atoms with E-state index >= 15 is 0 Å². The number of thioether (sulfide) groups is 1. The van der Waals surface area contributed by atoms with Gasteiger partial charge in [-0.2, -0.15) is 0 Å². The molecule has 0 aliphatic rings. The van der Waals surface area contributed by atoms with Crippen LogP contribution in [-0.4, -0.2) is 31.6 Å². The average molecular weight is 257 g/mol. The highest BCUT2D eigenvalue weighted by molar-refractivity contribution is 7.99. The van der Waals surface area contributed by atoms with Gasteiger partial charge in [-0.15, -0.1) is 10.2 Å². The van der Waals surface area contributed by atoms with Crippen LogP contribution in [0.1, 0.15) is 33.0 Å². The van der Waals surface area contributed by atoms with Gasteiger partial charge in [0.2, 0.25) is 0 Å². The van der Waals surface area contributed by atoms with Crippen molar-refractivity contribution in [3.05, 3.63) is 5.82 Å². The number of hydrogen-bond donors (Lipinski definition) is 1. The summed E-state index contributed by atoms with van der Waals surface area (Å²) in [4.78, 5) is 10.6. The fraction of sp³-hybridized carbons (Fsp3) is 0.727. The fourth-order valence-corrected chi connectivity index (χ4v) is 2.12. The first kappa shape index (κ1) is 14.0. The highest BCUT2D eigenvalue weighted by Crippen LogP contribution is 2.19. The van der Waals surface area contributed by atoms with Crippen LogP contribution < -0.4 is 0 Å². The lowest BCUT2D eigenvalue weighted by Gasteiger charge is -2.13. The van der Waals surface area contributed by atoms with Gasteiger partial charge in [0.15, 0.2) is 5.16 Å². The van der Waals surface area contributed by atoms with Crippen molar-refractivity contribution < 1.29 is 9.90 Å². The average Bonchev–Trinajstić information content (AvgIpc) is 2.68. The summed E-state index contributed by atoms with van der Waals surface area (Å²) in [6.45, 7) is 7.20. The van der Waals surface area contributed by atoms with Crippen LogP contribution in [0.25, 0.3) is 0 Å². The van der Waals surface area contributed by atoms with Gasteiger partial charge in [-0.1, -0.05) is 39.0 Å². The lowest BCUT2D eigenvalue weighted by Crippen LogP contribution is -2.11. The van der Waals surface area contributed by atoms with E-state index in [2.05, 4.69) is 24.0 Å². The van der Waals surface area contributed by atoms with Gasteiger partial charge in [0.1, 0.15) is 5.82 Å². The first-order chi connectivity index (χ1) is 8.08. The number of nitrogens with zero attached hydrogens (tertiary/aromatic N) is 3. The number of carbonyl (C=O) groups is 1. The second kappa shape index (κ2) is 6.64. The van der Waals surface area contributed by atoms with Crippen molar-refractivity contribution in [2.24, 2.45) is 5.92 Å². The summed E-state index contributed by atoms with van der Waals surface area (Å²) in [5.74, 6) is 0.673. The molecule has 0 aromatic carbocycles. The highest BCUT2D eigenvalue weighted by Gasteiger charge is 2.14. The summed E-state index contributed by atoms with van der Waals surface area (Å²) in [7, 11) is 0. The van der Waals surface area contributed by atoms with Crippen molar-refractivity contribution in [2.75, 3.05) is 5.75 Å². The molecule has 0 fully saturated rings. The Morgan fingerprint density at radius 1 is 1.47 bits per heavy atom. The minimum Gasteiger partial charge on any atom is -0.481 e. The molecule has 0 radical (unpaired) electrons. The number of carboxylic acid groups (broad SMARTS) is 1. The number of aryl methyl sites for hydroxylation is 1. The van der Waals surface area contributed by atoms with Crippen LogP contribution in [0.15, 0.2) is 5.16 Å². The van der Waals surface area contributed by atoms with Crippen LogP contribution in [0, 0.1) is 5.92 Å². The highest BCUT2D eigenvalue weighted by atomic mass is 32.2. The molecule has 0 aliphatic heterocycles. The van der Waals surface area contributed by atoms with E-state index in [9.17, 15) is 4.79 Å². The summed E-state index contributed by atoms with van der Waals surface area (Å²) in [6, 6.07) is 0. The van der Waals surface area contributed by atoms with Crippen molar-refractivity contribution in [1.29, 1.82) is 0 Å². The van der Waals surface area contributed by atoms with Crippen molar-refractivity contribution >= 4 is 17.7 Å². The van der Waals surface area contributed by atoms with E-state index in [-0.39, 0.29) is 5.75 Å². The first-order valence-corrected chi connectivity index (χ1v) is 6.83. The molecule has 0 aliphatic carbocycles. The molecule has 0 saturated carbocycles. The Hall–Kier alpha value is -1.04. The van der Waals surface area contributed by atoms with Gasteiger partial charge in [-0.3, -0.25) is 4.79 Å². The maximum Gasteiger partial charge on any atom is 0.313 e. The molecule has 1 aromatic rings. The number of carboxylic acids is 1. The van der Waals surface area contributed by atoms with Crippen molar-refractivity contribution in [3.63, 3.8) is 0 Å². The molecule has 0 amide bonds. The molecular formula is C11H19N3O2S. The molecule has 17 heavy (non-hydrogen) atoms. The minimum absolute atomic E-state index is 0.0301. The normalized spacial score (nSPS) is 12.6. The Balaban J connectivity index is 2.81. The van der Waals surface area contributed by atoms with E-state index in [4.69, 9.17) is 5.11 Å². The quantitative estimate of drug-likeness (QED) is 0.757. The smallest absolute Gasteiger partial charge is 0.313 e. The van der Waals surface area contributed by atoms with E-state index in [1.807, 2.05) is 11.5 Å². The summed E-state index contributed by atoms with van der Waals surface area (Å²) in [5.41, 5.74) is 0. The SMILES string of the molecule is CCc1nnc(SCC(=O)O)n1CC(C)CC. The van der Waals surface area contributed by atoms with Gasteiger partial charge in [0.25, 0.3) is 0 Å². The molecule has 0 saturated heterocycles. The Kier molecular flexibility index (Phi) is 5.47.